The zero-order valence-corrected chi connectivity index (χ0v) is 30.3. The van der Waals surface area contributed by atoms with Gasteiger partial charge < -0.3 is 13.9 Å². The molecule has 256 valence electrons. The Balaban J connectivity index is 1.10. The van der Waals surface area contributed by atoms with Crippen molar-refractivity contribution in [2.24, 2.45) is 0 Å². The van der Waals surface area contributed by atoms with Crippen LogP contribution in [0.15, 0.2) is 107 Å². The second kappa shape index (κ2) is 12.3. The van der Waals surface area contributed by atoms with Gasteiger partial charge in [-0.2, -0.15) is 0 Å². The van der Waals surface area contributed by atoms with E-state index >= 15 is 0 Å². The lowest BCUT2D eigenvalue weighted by atomic mass is 9.87. The van der Waals surface area contributed by atoms with Gasteiger partial charge in [-0.25, -0.2) is 0 Å². The Morgan fingerprint density at radius 2 is 1.69 bits per heavy atom. The average Bonchev–Trinajstić information content (AvgIpc) is 3.88. The molecule has 0 saturated carbocycles. The highest BCUT2D eigenvalue weighted by molar-refractivity contribution is 7.13. The fraction of sp³-hybridized carbons (Fsp3) is 0.250. The maximum absolute atomic E-state index is 6.57. The molecule has 3 nitrogen and oxygen atoms in total. The molecule has 5 aliphatic carbocycles. The molecule has 3 aromatic carbocycles. The summed E-state index contributed by atoms with van der Waals surface area (Å²) in [7, 11) is 0. The van der Waals surface area contributed by atoms with E-state index in [2.05, 4.69) is 131 Å². The van der Waals surface area contributed by atoms with Crippen LogP contribution in [0.3, 0.4) is 0 Å². The number of fused-ring (bicyclic) bond motifs is 9. The van der Waals surface area contributed by atoms with Gasteiger partial charge in [0.05, 0.1) is 22.6 Å². The van der Waals surface area contributed by atoms with Crippen molar-refractivity contribution < 1.29 is 4.42 Å². The summed E-state index contributed by atoms with van der Waals surface area (Å²) in [6, 6.07) is 25.3. The molecule has 2 unspecified atom stereocenters. The van der Waals surface area contributed by atoms with Crippen LogP contribution in [0.25, 0.3) is 51.9 Å². The highest BCUT2D eigenvalue weighted by Crippen LogP contribution is 2.46. The highest BCUT2D eigenvalue weighted by Gasteiger charge is 2.33. The number of para-hydroxylation sites is 1. The molecule has 52 heavy (non-hydrogen) atoms. The van der Waals surface area contributed by atoms with Gasteiger partial charge in [0.2, 0.25) is 0 Å². The fourth-order valence-corrected chi connectivity index (χ4v) is 11.1. The first-order chi connectivity index (χ1) is 25.8. The molecule has 0 aliphatic heterocycles. The van der Waals surface area contributed by atoms with E-state index in [1.165, 1.54) is 83.9 Å². The molecule has 0 N–H and O–H groups in total. The van der Waals surface area contributed by atoms with E-state index in [4.69, 9.17) is 4.42 Å². The van der Waals surface area contributed by atoms with Gasteiger partial charge in [-0.1, -0.05) is 78.9 Å². The summed E-state index contributed by atoms with van der Waals surface area (Å²) in [5, 5.41) is 2.61. The topological polar surface area (TPSA) is 21.3 Å². The highest BCUT2D eigenvalue weighted by atomic mass is 32.1. The van der Waals surface area contributed by atoms with E-state index in [0.717, 1.165) is 62.7 Å². The molecule has 0 saturated heterocycles. The Kier molecular flexibility index (Phi) is 7.21. The SMILES string of the molecule is C1=Cc2c(oc3cccc(N(C4=Cc5c(n(-c6ccccc6)c6cc(C7CC=CCC7)ccc56)CC4)C4C=Cc5c(sc6c5CCC=C6)C4)c23)CC1. The van der Waals surface area contributed by atoms with Gasteiger partial charge in [0.1, 0.15) is 11.3 Å². The molecule has 3 aromatic heterocycles. The van der Waals surface area contributed by atoms with Crippen LogP contribution in [0.5, 0.6) is 0 Å². The summed E-state index contributed by atoms with van der Waals surface area (Å²) in [6.45, 7) is 0. The molecular weight excluding hydrogens is 653 g/mol. The number of benzene rings is 3. The molecule has 4 heteroatoms. The molecule has 0 spiro atoms. The Bertz CT molecular complexity index is 2550. The third kappa shape index (κ3) is 4.84. The zero-order valence-electron chi connectivity index (χ0n) is 29.5. The Hall–Kier alpha value is -5.06. The van der Waals surface area contributed by atoms with Crippen LogP contribution in [-0.4, -0.2) is 10.6 Å². The predicted octanol–water partition coefficient (Wildman–Crippen LogP) is 12.6. The number of furan rings is 1. The van der Waals surface area contributed by atoms with Gasteiger partial charge in [-0.05, 0) is 116 Å². The van der Waals surface area contributed by atoms with Crippen LogP contribution in [0.2, 0.25) is 0 Å². The van der Waals surface area contributed by atoms with Crippen LogP contribution in [0, 0.1) is 0 Å². The molecule has 0 fully saturated rings. The number of nitrogens with zero attached hydrogens (tertiary/aromatic N) is 2. The summed E-state index contributed by atoms with van der Waals surface area (Å²) in [5.41, 5.74) is 14.8. The van der Waals surface area contributed by atoms with Gasteiger partial charge in [-0.15, -0.1) is 11.3 Å². The van der Waals surface area contributed by atoms with Crippen molar-refractivity contribution in [2.75, 3.05) is 4.90 Å². The van der Waals surface area contributed by atoms with Crippen molar-refractivity contribution >= 4 is 63.2 Å². The van der Waals surface area contributed by atoms with Crippen molar-refractivity contribution in [1.29, 1.82) is 0 Å². The minimum absolute atomic E-state index is 0.210. The third-order valence-corrected chi connectivity index (χ3v) is 13.4. The Morgan fingerprint density at radius 1 is 0.769 bits per heavy atom. The van der Waals surface area contributed by atoms with Gasteiger partial charge in [0.15, 0.2) is 0 Å². The number of aromatic nitrogens is 1. The van der Waals surface area contributed by atoms with Crippen LogP contribution < -0.4 is 4.90 Å². The predicted molar refractivity (Wildman–Crippen MR) is 220 cm³/mol. The Morgan fingerprint density at radius 3 is 2.62 bits per heavy atom. The first-order valence-corrected chi connectivity index (χ1v) is 20.2. The summed E-state index contributed by atoms with van der Waals surface area (Å²) in [4.78, 5) is 5.69. The number of thiophene rings is 1. The molecule has 2 atom stereocenters. The summed E-state index contributed by atoms with van der Waals surface area (Å²) in [5.74, 6) is 1.71. The first-order valence-electron chi connectivity index (χ1n) is 19.4. The van der Waals surface area contributed by atoms with E-state index in [0.29, 0.717) is 5.92 Å². The normalized spacial score (nSPS) is 20.1. The number of hydrogen-bond donors (Lipinski definition) is 0. The minimum Gasteiger partial charge on any atom is -0.460 e. The van der Waals surface area contributed by atoms with E-state index in [1.54, 1.807) is 5.56 Å². The Labute approximate surface area is 309 Å². The zero-order chi connectivity index (χ0) is 34.2. The molecular formula is C48H42N2OS. The van der Waals surface area contributed by atoms with Gasteiger partial charge in [0.25, 0.3) is 0 Å². The van der Waals surface area contributed by atoms with Crippen molar-refractivity contribution in [3.05, 3.63) is 152 Å². The van der Waals surface area contributed by atoms with Gasteiger partial charge in [0, 0.05) is 56.2 Å². The summed E-state index contributed by atoms with van der Waals surface area (Å²) < 4.78 is 9.13. The van der Waals surface area contributed by atoms with E-state index in [9.17, 15) is 0 Å². The number of aryl methyl sites for hydroxylation is 1. The van der Waals surface area contributed by atoms with Gasteiger partial charge >= 0.3 is 0 Å². The maximum Gasteiger partial charge on any atom is 0.137 e. The maximum atomic E-state index is 6.57. The third-order valence-electron chi connectivity index (χ3n) is 12.2. The summed E-state index contributed by atoms with van der Waals surface area (Å²) in [6.07, 6.45) is 32.4. The smallest absolute Gasteiger partial charge is 0.137 e. The van der Waals surface area contributed by atoms with Crippen LogP contribution in [0.4, 0.5) is 5.69 Å². The molecule has 6 aromatic rings. The molecule has 0 bridgehead atoms. The van der Waals surface area contributed by atoms with Crippen molar-refractivity contribution in [3.8, 4) is 5.69 Å². The number of hydrogen-bond acceptors (Lipinski definition) is 3. The second-order valence-electron chi connectivity index (χ2n) is 15.2. The molecule has 5 aliphatic rings. The summed E-state index contributed by atoms with van der Waals surface area (Å²) >= 11 is 2.01. The quantitative estimate of drug-likeness (QED) is 0.168. The van der Waals surface area contributed by atoms with Crippen molar-refractivity contribution in [1.82, 2.24) is 4.57 Å². The molecule has 0 radical (unpaired) electrons. The molecule has 11 rings (SSSR count). The first kappa shape index (κ1) is 30.6. The van der Waals surface area contributed by atoms with Crippen LogP contribution in [-0.2, 0) is 25.7 Å². The largest absolute Gasteiger partial charge is 0.460 e. The number of anilines is 1. The molecule has 3 heterocycles. The van der Waals surface area contributed by atoms with E-state index in [-0.39, 0.29) is 6.04 Å². The average molecular weight is 695 g/mol. The number of allylic oxidation sites excluding steroid dienone is 5. The van der Waals surface area contributed by atoms with Crippen molar-refractivity contribution in [3.63, 3.8) is 0 Å². The van der Waals surface area contributed by atoms with Gasteiger partial charge in [-0.3, -0.25) is 0 Å². The lowest BCUT2D eigenvalue weighted by Gasteiger charge is -2.37. The fourth-order valence-electron chi connectivity index (χ4n) is 9.76. The van der Waals surface area contributed by atoms with E-state index < -0.39 is 0 Å². The standard InChI is InChI=1S/C48H42N2OS/c1-3-12-31(13-4-1)32-22-25-36-40-29-34(24-27-41(40)50(43(36)28-32)33-14-5-2-6-15-33)49(35-23-26-38-37-16-8-10-21-46(37)52-47(38)30-35)42-18-11-20-45-48(42)39-17-7-9-19-44(39)51-45/h1-3,5-7,10-11,14-15,17-18,20-23,25-26,28-29,31,35H,4,8-9,12-13,16,19,24,27,30H2. The second-order valence-corrected chi connectivity index (χ2v) is 16.3. The number of rotatable bonds is 5. The monoisotopic (exact) mass is 694 g/mol. The van der Waals surface area contributed by atoms with Crippen LogP contribution >= 0.6 is 11.3 Å². The van der Waals surface area contributed by atoms with Crippen LogP contribution in [0.1, 0.15) is 93.5 Å². The minimum atomic E-state index is 0.210. The molecule has 0 amide bonds. The lowest BCUT2D eigenvalue weighted by Crippen LogP contribution is -2.37. The van der Waals surface area contributed by atoms with Crippen molar-refractivity contribution in [2.45, 2.75) is 76.2 Å². The lowest BCUT2D eigenvalue weighted by molar-refractivity contribution is 0.546. The van der Waals surface area contributed by atoms with E-state index in [1.807, 2.05) is 11.3 Å².